The van der Waals surface area contributed by atoms with Crippen LogP contribution < -0.4 is 10.0 Å². The molecule has 0 spiro atoms. The van der Waals surface area contributed by atoms with Crippen LogP contribution >= 0.6 is 11.3 Å². The Morgan fingerprint density at radius 1 is 1.33 bits per heavy atom. The van der Waals surface area contributed by atoms with Gasteiger partial charge in [-0.3, -0.25) is 0 Å². The number of ether oxygens (including phenoxy) is 1. The van der Waals surface area contributed by atoms with Crippen molar-refractivity contribution < 1.29 is 13.2 Å². The van der Waals surface area contributed by atoms with E-state index in [1.165, 1.54) is 24.2 Å². The van der Waals surface area contributed by atoms with E-state index in [0.29, 0.717) is 29.8 Å². The average molecular weight is 332 g/mol. The molecule has 1 aromatic heterocycles. The number of nitrogens with one attached hydrogen (secondary N) is 2. The van der Waals surface area contributed by atoms with Gasteiger partial charge in [0.05, 0.1) is 0 Å². The summed E-state index contributed by atoms with van der Waals surface area (Å²) in [7, 11) is -3.37. The summed E-state index contributed by atoms with van der Waals surface area (Å²) in [6, 6.07) is 4.21. The SMILES string of the molecule is CCCOCCCNS(=O)(=O)c1ccc(CNC2CC2)s1. The number of thiophene rings is 1. The van der Waals surface area contributed by atoms with Gasteiger partial charge in [-0.25, -0.2) is 13.1 Å². The van der Waals surface area contributed by atoms with Gasteiger partial charge in [-0.1, -0.05) is 6.92 Å². The summed E-state index contributed by atoms with van der Waals surface area (Å²) in [5, 5.41) is 3.39. The third-order valence-electron chi connectivity index (χ3n) is 3.15. The molecule has 2 N–H and O–H groups in total. The van der Waals surface area contributed by atoms with Crippen molar-refractivity contribution in [2.24, 2.45) is 0 Å². The Morgan fingerprint density at radius 3 is 2.86 bits per heavy atom. The molecular weight excluding hydrogens is 308 g/mol. The molecule has 1 aliphatic carbocycles. The molecule has 1 fully saturated rings. The molecule has 1 heterocycles. The molecule has 0 aliphatic heterocycles. The van der Waals surface area contributed by atoms with Crippen LogP contribution in [0.4, 0.5) is 0 Å². The first-order valence-corrected chi connectivity index (χ1v) is 9.81. The van der Waals surface area contributed by atoms with Crippen LogP contribution in [0, 0.1) is 0 Å². The summed E-state index contributed by atoms with van der Waals surface area (Å²) in [6.45, 7) is 4.55. The number of sulfonamides is 1. The fraction of sp³-hybridized carbons (Fsp3) is 0.714. The summed E-state index contributed by atoms with van der Waals surface area (Å²) in [5.41, 5.74) is 0. The Bertz CT molecular complexity index is 524. The van der Waals surface area contributed by atoms with Crippen molar-refractivity contribution in [1.29, 1.82) is 0 Å². The van der Waals surface area contributed by atoms with Crippen molar-refractivity contribution in [3.05, 3.63) is 17.0 Å². The van der Waals surface area contributed by atoms with Gasteiger partial charge < -0.3 is 10.1 Å². The summed E-state index contributed by atoms with van der Waals surface area (Å²) < 4.78 is 32.6. The number of hydrogen-bond acceptors (Lipinski definition) is 5. The minimum absolute atomic E-state index is 0.393. The minimum atomic E-state index is -3.37. The van der Waals surface area contributed by atoms with Gasteiger partial charge in [0.2, 0.25) is 10.0 Å². The predicted octanol–water partition coefficient (Wildman–Crippen LogP) is 2.10. The fourth-order valence-electron chi connectivity index (χ4n) is 1.83. The van der Waals surface area contributed by atoms with Crippen molar-refractivity contribution in [1.82, 2.24) is 10.0 Å². The second kappa shape index (κ2) is 8.24. The van der Waals surface area contributed by atoms with Crippen molar-refractivity contribution in [2.75, 3.05) is 19.8 Å². The normalized spacial score (nSPS) is 15.5. The third-order valence-corrected chi connectivity index (χ3v) is 6.19. The molecule has 1 saturated carbocycles. The predicted molar refractivity (Wildman–Crippen MR) is 85.1 cm³/mol. The molecule has 21 heavy (non-hydrogen) atoms. The lowest BCUT2D eigenvalue weighted by Gasteiger charge is -2.05. The molecule has 7 heteroatoms. The summed E-state index contributed by atoms with van der Waals surface area (Å²) in [5.74, 6) is 0. The van der Waals surface area contributed by atoms with E-state index in [0.717, 1.165) is 24.4 Å². The molecule has 0 atom stereocenters. The molecular formula is C14H24N2O3S2. The second-order valence-corrected chi connectivity index (χ2v) is 8.40. The maximum Gasteiger partial charge on any atom is 0.250 e. The van der Waals surface area contributed by atoms with Gasteiger partial charge in [0.1, 0.15) is 4.21 Å². The standard InChI is InChI=1S/C14H24N2O3S2/c1-2-9-19-10-3-8-16-21(17,18)14-7-6-13(20-14)11-15-12-4-5-12/h6-7,12,15-16H,2-5,8-11H2,1H3. The van der Waals surface area contributed by atoms with E-state index in [-0.39, 0.29) is 0 Å². The zero-order chi connectivity index (χ0) is 15.1. The molecule has 1 aliphatic rings. The van der Waals surface area contributed by atoms with Gasteiger partial charge in [0, 0.05) is 37.2 Å². The summed E-state index contributed by atoms with van der Waals surface area (Å²) in [6.07, 6.45) is 4.15. The lowest BCUT2D eigenvalue weighted by atomic mass is 10.4. The first kappa shape index (κ1) is 16.9. The van der Waals surface area contributed by atoms with Crippen LogP contribution in [-0.2, 0) is 21.3 Å². The molecule has 1 aromatic rings. The molecule has 0 bridgehead atoms. The van der Waals surface area contributed by atoms with Gasteiger partial charge >= 0.3 is 0 Å². The third kappa shape index (κ3) is 6.04. The van der Waals surface area contributed by atoms with Crippen molar-refractivity contribution >= 4 is 21.4 Å². The van der Waals surface area contributed by atoms with E-state index in [2.05, 4.69) is 17.0 Å². The van der Waals surface area contributed by atoms with Gasteiger partial charge in [-0.05, 0) is 37.8 Å². The highest BCUT2D eigenvalue weighted by molar-refractivity contribution is 7.91. The van der Waals surface area contributed by atoms with Crippen molar-refractivity contribution in [3.63, 3.8) is 0 Å². The van der Waals surface area contributed by atoms with Crippen LogP contribution in [0.15, 0.2) is 16.3 Å². The van der Waals surface area contributed by atoms with Crippen molar-refractivity contribution in [2.45, 2.75) is 49.4 Å². The quantitative estimate of drug-likeness (QED) is 0.609. The molecule has 0 aromatic carbocycles. The maximum absolute atomic E-state index is 12.1. The van der Waals surface area contributed by atoms with Crippen LogP contribution in [0.1, 0.15) is 37.5 Å². The van der Waals surface area contributed by atoms with Gasteiger partial charge in [0.15, 0.2) is 0 Å². The van der Waals surface area contributed by atoms with Gasteiger partial charge in [-0.15, -0.1) is 11.3 Å². The molecule has 5 nitrogen and oxygen atoms in total. The first-order valence-electron chi connectivity index (χ1n) is 7.51. The second-order valence-electron chi connectivity index (χ2n) is 5.24. The van der Waals surface area contributed by atoms with E-state index in [1.807, 2.05) is 6.07 Å². The molecule has 120 valence electrons. The maximum atomic E-state index is 12.1. The average Bonchev–Trinajstić information content (AvgIpc) is 3.16. The Morgan fingerprint density at radius 2 is 2.14 bits per heavy atom. The smallest absolute Gasteiger partial charge is 0.250 e. The fourth-order valence-corrected chi connectivity index (χ4v) is 4.25. The highest BCUT2D eigenvalue weighted by Gasteiger charge is 2.21. The van der Waals surface area contributed by atoms with Crippen LogP contribution in [0.2, 0.25) is 0 Å². The van der Waals surface area contributed by atoms with Gasteiger partial charge in [0.25, 0.3) is 0 Å². The molecule has 0 radical (unpaired) electrons. The van der Waals surface area contributed by atoms with Gasteiger partial charge in [-0.2, -0.15) is 0 Å². The summed E-state index contributed by atoms with van der Waals surface area (Å²) >= 11 is 1.34. The highest BCUT2D eigenvalue weighted by Crippen LogP contribution is 2.24. The highest BCUT2D eigenvalue weighted by atomic mass is 32.2. The van der Waals surface area contributed by atoms with E-state index < -0.39 is 10.0 Å². The zero-order valence-electron chi connectivity index (χ0n) is 12.4. The van der Waals surface area contributed by atoms with Crippen LogP contribution in [-0.4, -0.2) is 34.2 Å². The van der Waals surface area contributed by atoms with Crippen molar-refractivity contribution in [3.8, 4) is 0 Å². The lowest BCUT2D eigenvalue weighted by molar-refractivity contribution is 0.133. The van der Waals surface area contributed by atoms with E-state index in [4.69, 9.17) is 4.74 Å². The summed E-state index contributed by atoms with van der Waals surface area (Å²) in [4.78, 5) is 1.06. The number of hydrogen-bond donors (Lipinski definition) is 2. The monoisotopic (exact) mass is 332 g/mol. The number of rotatable bonds is 11. The largest absolute Gasteiger partial charge is 0.381 e. The minimum Gasteiger partial charge on any atom is -0.381 e. The Hall–Kier alpha value is -0.470. The molecule has 0 unspecified atom stereocenters. The van der Waals surface area contributed by atoms with E-state index in [1.54, 1.807) is 6.07 Å². The zero-order valence-corrected chi connectivity index (χ0v) is 14.1. The van der Waals surface area contributed by atoms with Crippen LogP contribution in [0.25, 0.3) is 0 Å². The molecule has 0 saturated heterocycles. The Balaban J connectivity index is 1.73. The molecule has 0 amide bonds. The van der Waals surface area contributed by atoms with Crippen LogP contribution in [0.3, 0.4) is 0 Å². The lowest BCUT2D eigenvalue weighted by Crippen LogP contribution is -2.24. The molecule has 2 rings (SSSR count). The Labute approximate surface area is 131 Å². The first-order chi connectivity index (χ1) is 10.1. The van der Waals surface area contributed by atoms with Crippen LogP contribution in [0.5, 0.6) is 0 Å². The van der Waals surface area contributed by atoms with E-state index in [9.17, 15) is 8.42 Å². The van der Waals surface area contributed by atoms with E-state index >= 15 is 0 Å². The Kier molecular flexibility index (Phi) is 6.63. The topological polar surface area (TPSA) is 67.4 Å².